The van der Waals surface area contributed by atoms with Crippen LogP contribution in [0.2, 0.25) is 0 Å². The molecule has 5 nitrogen and oxygen atoms in total. The van der Waals surface area contributed by atoms with E-state index in [1.165, 1.54) is 18.2 Å². The fraction of sp³-hybridized carbons (Fsp3) is 0.250. The van der Waals surface area contributed by atoms with Crippen molar-refractivity contribution in [3.8, 4) is 0 Å². The highest BCUT2D eigenvalue weighted by molar-refractivity contribution is 9.10. The number of halogens is 3. The molecule has 0 atom stereocenters. The van der Waals surface area contributed by atoms with Crippen LogP contribution in [0.5, 0.6) is 0 Å². The quantitative estimate of drug-likeness (QED) is 0.580. The lowest BCUT2D eigenvalue weighted by molar-refractivity contribution is -0.385. The fourth-order valence-corrected chi connectivity index (χ4v) is 3.12. The average Bonchev–Trinajstić information content (AvgIpc) is 2.55. The maximum absolute atomic E-state index is 14.1. The monoisotopic (exact) mass is 397 g/mol. The van der Waals surface area contributed by atoms with E-state index < -0.39 is 10.7 Å². The van der Waals surface area contributed by atoms with Crippen LogP contribution in [0.3, 0.4) is 0 Å². The lowest BCUT2D eigenvalue weighted by Gasteiger charge is -2.37. The summed E-state index contributed by atoms with van der Waals surface area (Å²) in [5.41, 5.74) is 0.574. The number of piperazine rings is 1. The Bertz CT molecular complexity index is 780. The van der Waals surface area contributed by atoms with Crippen molar-refractivity contribution in [3.05, 3.63) is 62.6 Å². The van der Waals surface area contributed by atoms with Gasteiger partial charge in [0.2, 0.25) is 0 Å². The molecule has 0 aliphatic carbocycles. The van der Waals surface area contributed by atoms with E-state index in [1.54, 1.807) is 12.1 Å². The number of nitro groups is 1. The van der Waals surface area contributed by atoms with E-state index in [-0.39, 0.29) is 11.5 Å². The van der Waals surface area contributed by atoms with Crippen molar-refractivity contribution >= 4 is 33.0 Å². The average molecular weight is 398 g/mol. The number of non-ortho nitro benzene ring substituents is 1. The van der Waals surface area contributed by atoms with Crippen LogP contribution in [0, 0.1) is 21.7 Å². The lowest BCUT2D eigenvalue weighted by Crippen LogP contribution is -2.47. The summed E-state index contributed by atoms with van der Waals surface area (Å²) in [5, 5.41) is 10.7. The number of hydrogen-bond acceptors (Lipinski definition) is 4. The van der Waals surface area contributed by atoms with Gasteiger partial charge in [-0.3, -0.25) is 10.1 Å². The Hall–Kier alpha value is -2.22. The number of nitro benzene ring substituents is 1. The van der Waals surface area contributed by atoms with Crippen molar-refractivity contribution in [2.24, 2.45) is 0 Å². The predicted molar refractivity (Wildman–Crippen MR) is 91.6 cm³/mol. The van der Waals surface area contributed by atoms with E-state index in [1.807, 2.05) is 9.80 Å². The summed E-state index contributed by atoms with van der Waals surface area (Å²) in [6.07, 6.45) is 0. The van der Waals surface area contributed by atoms with Crippen LogP contribution in [0.25, 0.3) is 0 Å². The van der Waals surface area contributed by atoms with Gasteiger partial charge in [0.1, 0.15) is 5.82 Å². The molecule has 0 bridgehead atoms. The second-order valence-corrected chi connectivity index (χ2v) is 6.38. The highest BCUT2D eigenvalue weighted by Gasteiger charge is 2.22. The molecule has 1 saturated heterocycles. The smallest absolute Gasteiger partial charge is 0.272 e. The maximum atomic E-state index is 14.1. The van der Waals surface area contributed by atoms with Gasteiger partial charge in [-0.05, 0) is 24.3 Å². The molecule has 2 aromatic rings. The SMILES string of the molecule is O=[N+]([O-])c1ccc(N2CCN(c3ccc(Br)cc3F)CC2)c(F)c1. The molecule has 1 heterocycles. The molecule has 1 aliphatic heterocycles. The van der Waals surface area contributed by atoms with Crippen molar-refractivity contribution in [1.29, 1.82) is 0 Å². The number of anilines is 2. The number of rotatable bonds is 3. The van der Waals surface area contributed by atoms with E-state index in [0.717, 1.165) is 6.07 Å². The van der Waals surface area contributed by atoms with Gasteiger partial charge in [0.15, 0.2) is 5.82 Å². The molecule has 24 heavy (non-hydrogen) atoms. The second-order valence-electron chi connectivity index (χ2n) is 5.46. The standard InChI is InChI=1S/C16H14BrF2N3O2/c17-11-1-3-15(13(18)9-11)20-5-7-21(8-6-20)16-4-2-12(22(23)24)10-14(16)19/h1-4,9-10H,5-8H2. The Morgan fingerprint density at radius 3 is 1.88 bits per heavy atom. The van der Waals surface area contributed by atoms with Crippen LogP contribution >= 0.6 is 15.9 Å². The molecule has 0 unspecified atom stereocenters. The molecular weight excluding hydrogens is 384 g/mol. The van der Waals surface area contributed by atoms with Gasteiger partial charge in [-0.1, -0.05) is 15.9 Å². The number of benzene rings is 2. The van der Waals surface area contributed by atoms with Crippen LogP contribution in [0.1, 0.15) is 0 Å². The van der Waals surface area contributed by atoms with Crippen LogP contribution in [0.15, 0.2) is 40.9 Å². The topological polar surface area (TPSA) is 49.6 Å². The van der Waals surface area contributed by atoms with Crippen LogP contribution in [-0.2, 0) is 0 Å². The van der Waals surface area contributed by atoms with Gasteiger partial charge < -0.3 is 9.80 Å². The van der Waals surface area contributed by atoms with Gasteiger partial charge in [0, 0.05) is 36.7 Å². The Morgan fingerprint density at radius 1 is 0.917 bits per heavy atom. The molecule has 1 fully saturated rings. The van der Waals surface area contributed by atoms with Crippen LogP contribution in [0.4, 0.5) is 25.8 Å². The van der Waals surface area contributed by atoms with Crippen molar-refractivity contribution in [3.63, 3.8) is 0 Å². The summed E-state index contributed by atoms with van der Waals surface area (Å²) >= 11 is 3.23. The first kappa shape index (κ1) is 16.6. The van der Waals surface area contributed by atoms with E-state index in [9.17, 15) is 18.9 Å². The van der Waals surface area contributed by atoms with E-state index in [4.69, 9.17) is 0 Å². The summed E-state index contributed by atoms with van der Waals surface area (Å²) in [5.74, 6) is -0.924. The normalized spacial score (nSPS) is 14.8. The van der Waals surface area contributed by atoms with Crippen LogP contribution < -0.4 is 9.80 Å². The Labute approximate surface area is 145 Å². The summed E-state index contributed by atoms with van der Waals surface area (Å²) in [6.45, 7) is 2.08. The minimum Gasteiger partial charge on any atom is -0.366 e. The molecule has 0 N–H and O–H groups in total. The first-order valence-electron chi connectivity index (χ1n) is 7.34. The maximum Gasteiger partial charge on any atom is 0.272 e. The van der Waals surface area contributed by atoms with E-state index >= 15 is 0 Å². The lowest BCUT2D eigenvalue weighted by atomic mass is 10.2. The Morgan fingerprint density at radius 2 is 1.42 bits per heavy atom. The zero-order chi connectivity index (χ0) is 17.3. The summed E-state index contributed by atoms with van der Waals surface area (Å²) < 4.78 is 28.8. The number of hydrogen-bond donors (Lipinski definition) is 0. The molecule has 8 heteroatoms. The molecule has 0 radical (unpaired) electrons. The van der Waals surface area contributed by atoms with E-state index in [0.29, 0.717) is 42.0 Å². The molecule has 1 aliphatic rings. The molecular formula is C16H14BrF2N3O2. The van der Waals surface area contributed by atoms with Gasteiger partial charge in [0.25, 0.3) is 5.69 Å². The minimum atomic E-state index is -0.624. The minimum absolute atomic E-state index is 0.271. The molecule has 0 amide bonds. The third kappa shape index (κ3) is 3.33. The Kier molecular flexibility index (Phi) is 4.66. The highest BCUT2D eigenvalue weighted by atomic mass is 79.9. The third-order valence-electron chi connectivity index (χ3n) is 4.01. The number of nitrogens with zero attached hydrogens (tertiary/aromatic N) is 3. The van der Waals surface area contributed by atoms with Gasteiger partial charge in [0.05, 0.1) is 22.4 Å². The first-order valence-corrected chi connectivity index (χ1v) is 8.14. The zero-order valence-electron chi connectivity index (χ0n) is 12.6. The van der Waals surface area contributed by atoms with Gasteiger partial charge >= 0.3 is 0 Å². The third-order valence-corrected chi connectivity index (χ3v) is 4.51. The highest BCUT2D eigenvalue weighted by Crippen LogP contribution is 2.28. The van der Waals surface area contributed by atoms with E-state index in [2.05, 4.69) is 15.9 Å². The molecule has 3 rings (SSSR count). The Balaban J connectivity index is 1.72. The van der Waals surface area contributed by atoms with Crippen molar-refractivity contribution in [2.45, 2.75) is 0 Å². The van der Waals surface area contributed by atoms with Crippen molar-refractivity contribution in [1.82, 2.24) is 0 Å². The van der Waals surface area contributed by atoms with Gasteiger partial charge in [-0.15, -0.1) is 0 Å². The predicted octanol–water partition coefficient (Wildman–Crippen LogP) is 3.96. The molecule has 0 saturated carbocycles. The fourth-order valence-electron chi connectivity index (χ4n) is 2.79. The molecule has 0 aromatic heterocycles. The molecule has 2 aromatic carbocycles. The first-order chi connectivity index (χ1) is 11.5. The van der Waals surface area contributed by atoms with Gasteiger partial charge in [-0.2, -0.15) is 0 Å². The molecule has 126 valence electrons. The summed E-state index contributed by atoms with van der Waals surface area (Å²) in [6, 6.07) is 8.54. The summed E-state index contributed by atoms with van der Waals surface area (Å²) in [7, 11) is 0. The van der Waals surface area contributed by atoms with Gasteiger partial charge in [-0.25, -0.2) is 8.78 Å². The summed E-state index contributed by atoms with van der Waals surface area (Å²) in [4.78, 5) is 13.8. The zero-order valence-corrected chi connectivity index (χ0v) is 14.2. The largest absolute Gasteiger partial charge is 0.366 e. The van der Waals surface area contributed by atoms with Crippen LogP contribution in [-0.4, -0.2) is 31.1 Å². The molecule has 0 spiro atoms. The van der Waals surface area contributed by atoms with Crippen molar-refractivity contribution in [2.75, 3.05) is 36.0 Å². The second kappa shape index (κ2) is 6.72. The van der Waals surface area contributed by atoms with Crippen molar-refractivity contribution < 1.29 is 13.7 Å².